The van der Waals surface area contributed by atoms with E-state index in [4.69, 9.17) is 0 Å². The summed E-state index contributed by atoms with van der Waals surface area (Å²) in [5, 5.41) is 0. The molecule has 1 atom stereocenters. The van der Waals surface area contributed by atoms with Crippen LogP contribution in [0, 0.1) is 5.92 Å². The summed E-state index contributed by atoms with van der Waals surface area (Å²) in [6, 6.07) is 0. The van der Waals surface area contributed by atoms with Gasteiger partial charge in [0.1, 0.15) is 0 Å². The van der Waals surface area contributed by atoms with E-state index >= 15 is 0 Å². The van der Waals surface area contributed by atoms with Crippen LogP contribution in [0.4, 0.5) is 0 Å². The van der Waals surface area contributed by atoms with E-state index in [9.17, 15) is 9.59 Å². The zero-order chi connectivity index (χ0) is 8.27. The first-order valence-corrected chi connectivity index (χ1v) is 3.59. The molecule has 0 spiro atoms. The lowest BCUT2D eigenvalue weighted by Crippen LogP contribution is -2.05. The monoisotopic (exact) mass is 154 g/mol. The van der Waals surface area contributed by atoms with Gasteiger partial charge in [0.25, 0.3) is 0 Å². The second-order valence-electron chi connectivity index (χ2n) is 2.50. The van der Waals surface area contributed by atoms with Gasteiger partial charge in [-0.05, 0) is 13.3 Å². The standard InChI is InChI=1S/C8H10O3/c1-2-3-4-6-5-7(9)11-8(6)10/h2-3,6H,4-5H2,1H3/b3-2+/t6-/m0/s1. The fraction of sp³-hybridized carbons (Fsp3) is 0.500. The second-order valence-corrected chi connectivity index (χ2v) is 2.50. The van der Waals surface area contributed by atoms with Gasteiger partial charge < -0.3 is 4.74 Å². The molecule has 1 rings (SSSR count). The third-order valence-corrected chi connectivity index (χ3v) is 1.62. The third kappa shape index (κ3) is 1.90. The molecule has 1 fully saturated rings. The van der Waals surface area contributed by atoms with Gasteiger partial charge in [-0.25, -0.2) is 0 Å². The molecule has 1 aliphatic heterocycles. The molecule has 1 aliphatic rings. The highest BCUT2D eigenvalue weighted by molar-refractivity contribution is 5.94. The minimum Gasteiger partial charge on any atom is -0.393 e. The summed E-state index contributed by atoms with van der Waals surface area (Å²) in [4.78, 5) is 21.4. The Morgan fingerprint density at radius 2 is 2.36 bits per heavy atom. The maximum absolute atomic E-state index is 10.8. The largest absolute Gasteiger partial charge is 0.393 e. The number of rotatable bonds is 2. The third-order valence-electron chi connectivity index (χ3n) is 1.62. The van der Waals surface area contributed by atoms with Crippen LogP contribution in [0.5, 0.6) is 0 Å². The molecule has 60 valence electrons. The molecule has 0 N–H and O–H groups in total. The number of esters is 2. The number of allylic oxidation sites excluding steroid dienone is 2. The van der Waals surface area contributed by atoms with Crippen LogP contribution in [-0.2, 0) is 14.3 Å². The van der Waals surface area contributed by atoms with Crippen molar-refractivity contribution in [1.82, 2.24) is 0 Å². The van der Waals surface area contributed by atoms with Gasteiger partial charge in [-0.1, -0.05) is 12.2 Å². The summed E-state index contributed by atoms with van der Waals surface area (Å²) in [6.07, 6.45) is 4.57. The molecule has 0 saturated carbocycles. The summed E-state index contributed by atoms with van der Waals surface area (Å²) in [7, 11) is 0. The van der Waals surface area contributed by atoms with Crippen molar-refractivity contribution in [3.63, 3.8) is 0 Å². The molecule has 0 amide bonds. The number of ether oxygens (including phenoxy) is 1. The van der Waals surface area contributed by atoms with Crippen molar-refractivity contribution in [3.05, 3.63) is 12.2 Å². The molecule has 0 bridgehead atoms. The molecule has 3 nitrogen and oxygen atoms in total. The highest BCUT2D eigenvalue weighted by Crippen LogP contribution is 2.19. The fourth-order valence-corrected chi connectivity index (χ4v) is 1.00. The Labute approximate surface area is 65.0 Å². The molecule has 3 heteroatoms. The fourth-order valence-electron chi connectivity index (χ4n) is 1.00. The lowest BCUT2D eigenvalue weighted by atomic mass is 10.0. The van der Waals surface area contributed by atoms with Gasteiger partial charge >= 0.3 is 11.9 Å². The number of cyclic esters (lactones) is 2. The van der Waals surface area contributed by atoms with Crippen molar-refractivity contribution in [3.8, 4) is 0 Å². The number of carbonyl (C=O) groups excluding carboxylic acids is 2. The van der Waals surface area contributed by atoms with E-state index in [-0.39, 0.29) is 18.3 Å². The quantitative estimate of drug-likeness (QED) is 0.339. The first-order valence-electron chi connectivity index (χ1n) is 3.59. The predicted octanol–water partition coefficient (Wildman–Crippen LogP) is 1.04. The van der Waals surface area contributed by atoms with Gasteiger partial charge in [-0.2, -0.15) is 0 Å². The minimum absolute atomic E-state index is 0.237. The average molecular weight is 154 g/mol. The molecule has 0 unspecified atom stereocenters. The van der Waals surface area contributed by atoms with Gasteiger partial charge in [-0.3, -0.25) is 9.59 Å². The first kappa shape index (κ1) is 7.98. The zero-order valence-electron chi connectivity index (χ0n) is 6.37. The SMILES string of the molecule is C/C=C/C[C@H]1CC(=O)OC1=O. The van der Waals surface area contributed by atoms with Gasteiger partial charge in [0.2, 0.25) is 0 Å². The minimum atomic E-state index is -0.399. The lowest BCUT2D eigenvalue weighted by Gasteiger charge is -1.96. The second kappa shape index (κ2) is 3.32. The molecule has 1 saturated heterocycles. The molecule has 1 heterocycles. The van der Waals surface area contributed by atoms with Crippen LogP contribution in [0.25, 0.3) is 0 Å². The normalized spacial score (nSPS) is 24.6. The van der Waals surface area contributed by atoms with Crippen molar-refractivity contribution >= 4 is 11.9 Å². The summed E-state index contributed by atoms with van der Waals surface area (Å²) in [6.45, 7) is 1.88. The smallest absolute Gasteiger partial charge is 0.317 e. The lowest BCUT2D eigenvalue weighted by molar-refractivity contribution is -0.153. The van der Waals surface area contributed by atoms with E-state index in [2.05, 4.69) is 4.74 Å². The molecule has 0 radical (unpaired) electrons. The van der Waals surface area contributed by atoms with Crippen molar-refractivity contribution in [2.45, 2.75) is 19.8 Å². The molecule has 11 heavy (non-hydrogen) atoms. The van der Waals surface area contributed by atoms with Crippen molar-refractivity contribution in [1.29, 1.82) is 0 Å². The van der Waals surface area contributed by atoms with Crippen LogP contribution in [0.3, 0.4) is 0 Å². The summed E-state index contributed by atoms with van der Waals surface area (Å²) < 4.78 is 4.36. The molecular formula is C8H10O3. The van der Waals surface area contributed by atoms with Crippen LogP contribution in [0.2, 0.25) is 0 Å². The molecule has 0 aromatic rings. The Morgan fingerprint density at radius 1 is 1.64 bits per heavy atom. The van der Waals surface area contributed by atoms with Crippen LogP contribution >= 0.6 is 0 Å². The van der Waals surface area contributed by atoms with Gasteiger partial charge in [0, 0.05) is 0 Å². The average Bonchev–Trinajstić information content (AvgIpc) is 2.26. The number of hydrogen-bond acceptors (Lipinski definition) is 3. The zero-order valence-corrected chi connectivity index (χ0v) is 6.37. The van der Waals surface area contributed by atoms with E-state index < -0.39 is 5.97 Å². The van der Waals surface area contributed by atoms with Gasteiger partial charge in [-0.15, -0.1) is 0 Å². The predicted molar refractivity (Wildman–Crippen MR) is 38.6 cm³/mol. The van der Waals surface area contributed by atoms with Crippen molar-refractivity contribution in [2.24, 2.45) is 5.92 Å². The van der Waals surface area contributed by atoms with E-state index in [1.54, 1.807) is 0 Å². The molecule has 0 aliphatic carbocycles. The van der Waals surface area contributed by atoms with E-state index in [1.807, 2.05) is 19.1 Å². The van der Waals surface area contributed by atoms with Gasteiger partial charge in [0.05, 0.1) is 12.3 Å². The summed E-state index contributed by atoms with van der Waals surface area (Å²) in [5.74, 6) is -1.02. The number of carbonyl (C=O) groups is 2. The Hall–Kier alpha value is -1.12. The van der Waals surface area contributed by atoms with Crippen molar-refractivity contribution < 1.29 is 14.3 Å². The summed E-state index contributed by atoms with van der Waals surface area (Å²) >= 11 is 0. The highest BCUT2D eigenvalue weighted by Gasteiger charge is 2.31. The maximum atomic E-state index is 10.8. The van der Waals surface area contributed by atoms with E-state index in [0.29, 0.717) is 6.42 Å². The van der Waals surface area contributed by atoms with Crippen LogP contribution in [-0.4, -0.2) is 11.9 Å². The van der Waals surface area contributed by atoms with E-state index in [1.165, 1.54) is 0 Å². The number of hydrogen-bond donors (Lipinski definition) is 0. The Bertz CT molecular complexity index is 205. The van der Waals surface area contributed by atoms with Crippen LogP contribution in [0.1, 0.15) is 19.8 Å². The molecular weight excluding hydrogens is 144 g/mol. The van der Waals surface area contributed by atoms with E-state index in [0.717, 1.165) is 0 Å². The van der Waals surface area contributed by atoms with Crippen molar-refractivity contribution in [2.75, 3.05) is 0 Å². The Morgan fingerprint density at radius 3 is 2.82 bits per heavy atom. The van der Waals surface area contributed by atoms with Gasteiger partial charge in [0.15, 0.2) is 0 Å². The first-order chi connectivity index (χ1) is 5.24. The maximum Gasteiger partial charge on any atom is 0.317 e. The molecule has 0 aromatic heterocycles. The summed E-state index contributed by atoms with van der Waals surface area (Å²) in [5.41, 5.74) is 0. The van der Waals surface area contributed by atoms with Crippen LogP contribution in [0.15, 0.2) is 12.2 Å². The Balaban J connectivity index is 2.47. The highest BCUT2D eigenvalue weighted by atomic mass is 16.6. The topological polar surface area (TPSA) is 43.4 Å². The Kier molecular flexibility index (Phi) is 2.41. The molecule has 0 aromatic carbocycles. The van der Waals surface area contributed by atoms with Crippen LogP contribution < -0.4 is 0 Å².